The molecule has 0 saturated heterocycles. The molecule has 3 aliphatic rings. The van der Waals surface area contributed by atoms with Gasteiger partial charge in [-0.25, -0.2) is 0 Å². The predicted molar refractivity (Wildman–Crippen MR) is 133 cm³/mol. The van der Waals surface area contributed by atoms with Gasteiger partial charge in [-0.2, -0.15) is 0 Å². The lowest BCUT2D eigenvalue weighted by atomic mass is 9.57. The number of benzene rings is 1. The summed E-state index contributed by atoms with van der Waals surface area (Å²) in [6.07, 6.45) is 0.801. The summed E-state index contributed by atoms with van der Waals surface area (Å²) in [5.41, 5.74) is 3.78. The number of aliphatic hydroxyl groups excluding tert-OH is 2. The van der Waals surface area contributed by atoms with Crippen LogP contribution in [0.1, 0.15) is 42.5 Å². The zero-order valence-corrected chi connectivity index (χ0v) is 21.7. The number of ether oxygens (including phenoxy) is 1. The van der Waals surface area contributed by atoms with E-state index in [-0.39, 0.29) is 42.3 Å². The number of nitrogens with two attached hydrogens (primary N) is 1. The molecule has 1 aromatic rings. The Bertz CT molecular complexity index is 1260. The summed E-state index contributed by atoms with van der Waals surface area (Å²) in [7, 11) is 4.67. The summed E-state index contributed by atoms with van der Waals surface area (Å²) in [6, 6.07) is 0.731. The number of nitrogens with zero attached hydrogens (tertiary/aromatic N) is 1. The molecule has 0 bridgehead atoms. The van der Waals surface area contributed by atoms with E-state index in [4.69, 9.17) is 10.5 Å². The van der Waals surface area contributed by atoms with Gasteiger partial charge in [0.1, 0.15) is 22.8 Å². The molecule has 0 heterocycles. The number of hydrogen-bond acceptors (Lipinski definition) is 9. The van der Waals surface area contributed by atoms with Crippen LogP contribution in [0.2, 0.25) is 0 Å². The summed E-state index contributed by atoms with van der Waals surface area (Å²) in [5, 5.41) is 45.2. The molecule has 10 heteroatoms. The SMILES string of the molecule is COCc1cc(CC(C)C)c(O)c2c1C[C@H]1C[C@H]3[C@H](N(C)C)C(=O)C(C(N)=O)=C(O)[C@@]3(O)C(=O)C1=C2O. The first kappa shape index (κ1) is 26.8. The van der Waals surface area contributed by atoms with Crippen molar-refractivity contribution in [3.8, 4) is 5.75 Å². The largest absolute Gasteiger partial charge is 0.508 e. The number of carbonyl (C=O) groups is 3. The van der Waals surface area contributed by atoms with Crippen molar-refractivity contribution in [3.63, 3.8) is 0 Å². The van der Waals surface area contributed by atoms with Crippen LogP contribution in [0.15, 0.2) is 23.0 Å². The van der Waals surface area contributed by atoms with Crippen molar-refractivity contribution in [1.29, 1.82) is 0 Å². The molecule has 0 aliphatic heterocycles. The molecule has 200 valence electrons. The van der Waals surface area contributed by atoms with Gasteiger partial charge in [0.15, 0.2) is 11.4 Å². The first-order valence-corrected chi connectivity index (χ1v) is 12.3. The average molecular weight is 515 g/mol. The third-order valence-corrected chi connectivity index (χ3v) is 7.82. The number of ketones is 2. The Morgan fingerprint density at radius 1 is 1.22 bits per heavy atom. The second-order valence-electron chi connectivity index (χ2n) is 10.9. The maximum Gasteiger partial charge on any atom is 0.255 e. The third kappa shape index (κ3) is 3.86. The maximum absolute atomic E-state index is 13.9. The monoisotopic (exact) mass is 514 g/mol. The first-order chi connectivity index (χ1) is 17.3. The zero-order chi connectivity index (χ0) is 27.6. The second kappa shape index (κ2) is 9.27. The van der Waals surface area contributed by atoms with Gasteiger partial charge < -0.3 is 30.9 Å². The minimum Gasteiger partial charge on any atom is -0.508 e. The number of aliphatic hydroxyl groups is 3. The summed E-state index contributed by atoms with van der Waals surface area (Å²) in [5.74, 6) is -6.32. The molecular formula is C27H34N2O8. The number of rotatable bonds is 6. The van der Waals surface area contributed by atoms with Crippen LogP contribution in [0.4, 0.5) is 0 Å². The smallest absolute Gasteiger partial charge is 0.255 e. The first-order valence-electron chi connectivity index (χ1n) is 12.3. The molecular weight excluding hydrogens is 480 g/mol. The van der Waals surface area contributed by atoms with Crippen LogP contribution in [-0.4, -0.2) is 75.6 Å². The van der Waals surface area contributed by atoms with E-state index in [2.05, 4.69) is 0 Å². The van der Waals surface area contributed by atoms with Crippen molar-refractivity contribution in [2.75, 3.05) is 21.2 Å². The van der Waals surface area contributed by atoms with Gasteiger partial charge in [0, 0.05) is 18.6 Å². The Morgan fingerprint density at radius 2 is 1.86 bits per heavy atom. The Hall–Kier alpha value is -3.21. The van der Waals surface area contributed by atoms with Crippen LogP contribution in [0, 0.1) is 17.8 Å². The van der Waals surface area contributed by atoms with Gasteiger partial charge in [-0.15, -0.1) is 0 Å². The van der Waals surface area contributed by atoms with Gasteiger partial charge in [0.2, 0.25) is 5.78 Å². The van der Waals surface area contributed by atoms with Gasteiger partial charge in [-0.05, 0) is 68.0 Å². The van der Waals surface area contributed by atoms with Crippen LogP contribution < -0.4 is 5.73 Å². The Morgan fingerprint density at radius 3 is 2.41 bits per heavy atom. The number of hydrogen-bond donors (Lipinski definition) is 5. The lowest BCUT2D eigenvalue weighted by Gasteiger charge is -2.50. The number of phenols is 1. The van der Waals surface area contributed by atoms with Crippen LogP contribution in [-0.2, 0) is 38.6 Å². The lowest BCUT2D eigenvalue weighted by Crippen LogP contribution is -2.65. The summed E-state index contributed by atoms with van der Waals surface area (Å²) in [4.78, 5) is 40.6. The molecule has 4 atom stereocenters. The van der Waals surface area contributed by atoms with Gasteiger partial charge in [-0.3, -0.25) is 19.3 Å². The highest BCUT2D eigenvalue weighted by Crippen LogP contribution is 2.53. The number of aromatic hydroxyl groups is 1. The van der Waals surface area contributed by atoms with Gasteiger partial charge in [-0.1, -0.05) is 13.8 Å². The maximum atomic E-state index is 13.9. The second-order valence-corrected chi connectivity index (χ2v) is 10.9. The molecule has 1 aromatic carbocycles. The van der Waals surface area contributed by atoms with Crippen molar-refractivity contribution >= 4 is 23.2 Å². The van der Waals surface area contributed by atoms with Gasteiger partial charge in [0.25, 0.3) is 5.91 Å². The molecule has 0 aromatic heterocycles. The molecule has 3 aliphatic carbocycles. The Balaban J connectivity index is 1.98. The van der Waals surface area contributed by atoms with Crippen LogP contribution in [0.25, 0.3) is 5.76 Å². The number of carbonyl (C=O) groups excluding carboxylic acids is 3. The molecule has 0 radical (unpaired) electrons. The minimum atomic E-state index is -2.65. The van der Waals surface area contributed by atoms with Crippen molar-refractivity contribution in [3.05, 3.63) is 45.2 Å². The summed E-state index contributed by atoms with van der Waals surface area (Å²) < 4.78 is 5.38. The number of primary amides is 1. The number of fused-ring (bicyclic) bond motifs is 3. The highest BCUT2D eigenvalue weighted by Gasteiger charge is 2.64. The van der Waals surface area contributed by atoms with E-state index in [9.17, 15) is 34.8 Å². The number of likely N-dealkylation sites (N-methyl/N-ethyl adjacent to an activating group) is 1. The molecule has 37 heavy (non-hydrogen) atoms. The predicted octanol–water partition coefficient (Wildman–Crippen LogP) is 1.31. The van der Waals surface area contributed by atoms with Crippen LogP contribution >= 0.6 is 0 Å². The van der Waals surface area contributed by atoms with E-state index in [0.717, 1.165) is 5.56 Å². The number of methoxy groups -OCH3 is 1. The van der Waals surface area contributed by atoms with Crippen molar-refractivity contribution in [2.45, 2.75) is 51.4 Å². The molecule has 6 N–H and O–H groups in total. The van der Waals surface area contributed by atoms with Gasteiger partial charge in [0.05, 0.1) is 18.2 Å². The number of phenolic OH excluding ortho intramolecular Hbond substituents is 1. The quantitative estimate of drug-likeness (QED) is 0.351. The standard InChI is InChI=1S/C27H34N2O8/c1-11(2)6-13-7-14(10-37-5)15-8-12-9-16-20(29(3)4)23(32)19(26(28)35)25(34)27(16,36)24(33)17(12)22(31)18(15)21(13)30/h7,11-12,16,20,30-31,34,36H,6,8-10H2,1-5H3,(H2,28,35)/t12-,16-,20-,27-/m0/s1. The number of Topliss-reactive ketones (excluding diaryl/α,β-unsaturated/α-hetero) is 2. The van der Waals surface area contributed by atoms with E-state index in [1.807, 2.05) is 19.9 Å². The lowest BCUT2D eigenvalue weighted by molar-refractivity contribution is -0.153. The summed E-state index contributed by atoms with van der Waals surface area (Å²) >= 11 is 0. The molecule has 10 nitrogen and oxygen atoms in total. The molecule has 1 saturated carbocycles. The molecule has 1 fully saturated rings. The zero-order valence-electron chi connectivity index (χ0n) is 21.7. The minimum absolute atomic E-state index is 0.0483. The fraction of sp³-hybridized carbons (Fsp3) is 0.519. The fourth-order valence-corrected chi connectivity index (χ4v) is 6.33. The van der Waals surface area contributed by atoms with Gasteiger partial charge >= 0.3 is 0 Å². The van der Waals surface area contributed by atoms with Crippen molar-refractivity contribution in [2.24, 2.45) is 23.5 Å². The normalized spacial score (nSPS) is 27.5. The molecule has 1 amide bonds. The topological polar surface area (TPSA) is 171 Å². The van der Waals surface area contributed by atoms with Crippen LogP contribution in [0.3, 0.4) is 0 Å². The highest BCUT2D eigenvalue weighted by atomic mass is 16.5. The molecule has 4 rings (SSSR count). The van der Waals surface area contributed by atoms with E-state index in [1.165, 1.54) is 12.0 Å². The van der Waals surface area contributed by atoms with E-state index >= 15 is 0 Å². The summed E-state index contributed by atoms with van der Waals surface area (Å²) in [6.45, 7) is 4.19. The van der Waals surface area contributed by atoms with E-state index in [1.54, 1.807) is 14.1 Å². The fourth-order valence-electron chi connectivity index (χ4n) is 6.33. The molecule has 0 spiro atoms. The van der Waals surface area contributed by atoms with Crippen molar-refractivity contribution < 1.29 is 39.5 Å². The number of amides is 1. The Kier molecular flexibility index (Phi) is 6.72. The van der Waals surface area contributed by atoms with Crippen LogP contribution in [0.5, 0.6) is 5.75 Å². The average Bonchev–Trinajstić information content (AvgIpc) is 2.78. The van der Waals surface area contributed by atoms with E-state index in [0.29, 0.717) is 17.5 Å². The third-order valence-electron chi connectivity index (χ3n) is 7.82. The van der Waals surface area contributed by atoms with E-state index < -0.39 is 58.0 Å². The van der Waals surface area contributed by atoms with Crippen molar-refractivity contribution in [1.82, 2.24) is 4.90 Å². The Labute approximate surface area is 215 Å². The molecule has 0 unspecified atom stereocenters. The highest BCUT2D eigenvalue weighted by molar-refractivity contribution is 6.24.